The molecule has 3 heterocycles. The Hall–Kier alpha value is -1.64. The van der Waals surface area contributed by atoms with Crippen molar-refractivity contribution in [3.63, 3.8) is 0 Å². The first kappa shape index (κ1) is 13.3. The van der Waals surface area contributed by atoms with Crippen LogP contribution in [0.15, 0.2) is 10.9 Å². The van der Waals surface area contributed by atoms with Crippen molar-refractivity contribution < 1.29 is 13.2 Å². The molecule has 1 saturated heterocycles. The van der Waals surface area contributed by atoms with Gasteiger partial charge in [-0.15, -0.1) is 5.10 Å². The largest absolute Gasteiger partial charge is 0.433 e. The van der Waals surface area contributed by atoms with Gasteiger partial charge in [-0.05, 0) is 19.3 Å². The minimum absolute atomic E-state index is 0.0228. The molecule has 3 rings (SSSR count). The Bertz CT molecular complexity index is 687. The van der Waals surface area contributed by atoms with Gasteiger partial charge in [-0.2, -0.15) is 22.7 Å². The molecule has 1 aliphatic heterocycles. The molecule has 1 aliphatic rings. The molecule has 0 saturated carbocycles. The van der Waals surface area contributed by atoms with E-state index in [1.807, 2.05) is 4.90 Å². The highest BCUT2D eigenvalue weighted by molar-refractivity contribution is 7.20. The number of alkyl halides is 3. The Morgan fingerprint density at radius 2 is 1.90 bits per heavy atom. The molecule has 1 fully saturated rings. The van der Waals surface area contributed by atoms with Gasteiger partial charge in [-0.1, -0.05) is 11.3 Å². The molecule has 108 valence electrons. The van der Waals surface area contributed by atoms with Crippen LogP contribution in [-0.2, 0) is 6.18 Å². The molecule has 0 aromatic carbocycles. The average Bonchev–Trinajstić information content (AvgIpc) is 2.81. The maximum Gasteiger partial charge on any atom is 0.433 e. The molecule has 9 heteroatoms. The number of nitrogens with zero attached hydrogens (tertiary/aromatic N) is 4. The molecule has 0 spiro atoms. The summed E-state index contributed by atoms with van der Waals surface area (Å²) in [6, 6.07) is 0.479. The zero-order valence-electron chi connectivity index (χ0n) is 10.4. The highest BCUT2D eigenvalue weighted by Crippen LogP contribution is 2.31. The van der Waals surface area contributed by atoms with Gasteiger partial charge in [-0.25, -0.2) is 0 Å². The van der Waals surface area contributed by atoms with E-state index in [0.29, 0.717) is 11.2 Å². The van der Waals surface area contributed by atoms with Crippen molar-refractivity contribution in [2.45, 2.75) is 25.4 Å². The van der Waals surface area contributed by atoms with Gasteiger partial charge in [0, 0.05) is 19.2 Å². The molecule has 0 amide bonds. The Kier molecular flexibility index (Phi) is 3.15. The van der Waals surface area contributed by atoms with E-state index in [1.165, 1.54) is 0 Å². The first-order chi connectivity index (χ1) is 9.45. The van der Waals surface area contributed by atoms with E-state index < -0.39 is 17.4 Å². The predicted molar refractivity (Wildman–Crippen MR) is 68.2 cm³/mol. The minimum Gasteiger partial charge on any atom is -0.347 e. The Morgan fingerprint density at radius 1 is 1.20 bits per heavy atom. The fourth-order valence-corrected chi connectivity index (χ4v) is 3.18. The molecule has 0 aliphatic carbocycles. The van der Waals surface area contributed by atoms with Crippen molar-refractivity contribution >= 4 is 21.4 Å². The molecular formula is C11H11F3N4OS. The third kappa shape index (κ3) is 2.37. The van der Waals surface area contributed by atoms with Crippen molar-refractivity contribution in [1.82, 2.24) is 14.6 Å². The van der Waals surface area contributed by atoms with Crippen LogP contribution in [0.4, 0.5) is 18.3 Å². The lowest BCUT2D eigenvalue weighted by Gasteiger charge is -2.25. The highest BCUT2D eigenvalue weighted by Gasteiger charge is 2.35. The number of aromatic nitrogens is 3. The normalized spacial score (nSPS) is 16.9. The molecule has 0 N–H and O–H groups in total. The van der Waals surface area contributed by atoms with Gasteiger partial charge in [0.1, 0.15) is 0 Å². The van der Waals surface area contributed by atoms with Crippen LogP contribution in [0.25, 0.3) is 4.96 Å². The summed E-state index contributed by atoms with van der Waals surface area (Å²) in [5, 5.41) is 4.46. The molecule has 2 aromatic heterocycles. The monoisotopic (exact) mass is 304 g/mol. The quantitative estimate of drug-likeness (QED) is 0.810. The lowest BCUT2D eigenvalue weighted by Crippen LogP contribution is -2.29. The average molecular weight is 304 g/mol. The Morgan fingerprint density at radius 3 is 2.55 bits per heavy atom. The smallest absolute Gasteiger partial charge is 0.347 e. The van der Waals surface area contributed by atoms with Gasteiger partial charge < -0.3 is 4.90 Å². The summed E-state index contributed by atoms with van der Waals surface area (Å²) in [4.78, 5) is 16.8. The zero-order valence-corrected chi connectivity index (χ0v) is 11.2. The van der Waals surface area contributed by atoms with Gasteiger partial charge in [0.2, 0.25) is 10.1 Å². The second kappa shape index (κ2) is 4.72. The summed E-state index contributed by atoms with van der Waals surface area (Å²) in [7, 11) is 0. The van der Waals surface area contributed by atoms with Crippen LogP contribution >= 0.6 is 11.3 Å². The lowest BCUT2D eigenvalue weighted by atomic mass is 10.1. The number of hydrogen-bond donors (Lipinski definition) is 0. The van der Waals surface area contributed by atoms with E-state index in [1.54, 1.807) is 0 Å². The molecular weight excluding hydrogens is 293 g/mol. The number of fused-ring (bicyclic) bond motifs is 1. The summed E-state index contributed by atoms with van der Waals surface area (Å²) in [6.45, 7) is 1.54. The molecule has 0 atom stereocenters. The SMILES string of the molecule is O=c1cc(C(F)(F)F)n2nc(N3CCCCC3)sc2n1. The first-order valence-electron chi connectivity index (χ1n) is 6.18. The van der Waals surface area contributed by atoms with Crippen molar-refractivity contribution in [3.8, 4) is 0 Å². The van der Waals surface area contributed by atoms with Crippen molar-refractivity contribution in [3.05, 3.63) is 22.1 Å². The second-order valence-corrected chi connectivity index (χ2v) is 5.54. The molecule has 2 aromatic rings. The van der Waals surface area contributed by atoms with Crippen LogP contribution in [0.3, 0.4) is 0 Å². The summed E-state index contributed by atoms with van der Waals surface area (Å²) >= 11 is 1.01. The maximum absolute atomic E-state index is 12.9. The highest BCUT2D eigenvalue weighted by atomic mass is 32.1. The molecule has 0 radical (unpaired) electrons. The van der Waals surface area contributed by atoms with Crippen LogP contribution in [-0.4, -0.2) is 27.7 Å². The van der Waals surface area contributed by atoms with Gasteiger partial charge >= 0.3 is 6.18 Å². The molecule has 5 nitrogen and oxygen atoms in total. The van der Waals surface area contributed by atoms with Crippen LogP contribution in [0.5, 0.6) is 0 Å². The van der Waals surface area contributed by atoms with Gasteiger partial charge in [0.15, 0.2) is 5.69 Å². The van der Waals surface area contributed by atoms with Crippen LogP contribution in [0, 0.1) is 0 Å². The Balaban J connectivity index is 2.12. The third-order valence-electron chi connectivity index (χ3n) is 3.16. The van der Waals surface area contributed by atoms with Gasteiger partial charge in [0.25, 0.3) is 5.56 Å². The van der Waals surface area contributed by atoms with Crippen molar-refractivity contribution in [2.24, 2.45) is 0 Å². The summed E-state index contributed by atoms with van der Waals surface area (Å²) in [5.74, 6) is 0. The zero-order chi connectivity index (χ0) is 14.3. The fourth-order valence-electron chi connectivity index (χ4n) is 2.22. The summed E-state index contributed by atoms with van der Waals surface area (Å²) in [6.07, 6.45) is -1.52. The number of anilines is 1. The summed E-state index contributed by atoms with van der Waals surface area (Å²) < 4.78 is 39.5. The Labute approximate surface area is 115 Å². The molecule has 20 heavy (non-hydrogen) atoms. The van der Waals surface area contributed by atoms with Crippen LogP contribution < -0.4 is 10.5 Å². The summed E-state index contributed by atoms with van der Waals surface area (Å²) in [5.41, 5.74) is -1.97. The van der Waals surface area contributed by atoms with Gasteiger partial charge in [0.05, 0.1) is 0 Å². The topological polar surface area (TPSA) is 50.5 Å². The molecule has 0 unspecified atom stereocenters. The van der Waals surface area contributed by atoms with E-state index in [0.717, 1.165) is 48.2 Å². The lowest BCUT2D eigenvalue weighted by molar-refractivity contribution is -0.142. The fraction of sp³-hybridized carbons (Fsp3) is 0.545. The maximum atomic E-state index is 12.9. The minimum atomic E-state index is -4.63. The number of hydrogen-bond acceptors (Lipinski definition) is 5. The van der Waals surface area contributed by atoms with Gasteiger partial charge in [-0.3, -0.25) is 4.79 Å². The predicted octanol–water partition coefficient (Wildman–Crippen LogP) is 2.16. The van der Waals surface area contributed by atoms with E-state index in [-0.39, 0.29) is 4.96 Å². The van der Waals surface area contributed by atoms with Crippen molar-refractivity contribution in [1.29, 1.82) is 0 Å². The van der Waals surface area contributed by atoms with E-state index in [4.69, 9.17) is 0 Å². The standard InChI is InChI=1S/C11H11F3N4OS/c12-11(13,14)7-6-8(19)15-9-18(7)16-10(20-9)17-4-2-1-3-5-17/h6H,1-5H2. The van der Waals surface area contributed by atoms with E-state index in [2.05, 4.69) is 10.1 Å². The van der Waals surface area contributed by atoms with Crippen LogP contribution in [0.2, 0.25) is 0 Å². The molecule has 0 bridgehead atoms. The third-order valence-corrected chi connectivity index (χ3v) is 4.13. The van der Waals surface area contributed by atoms with E-state index >= 15 is 0 Å². The number of rotatable bonds is 1. The van der Waals surface area contributed by atoms with Crippen molar-refractivity contribution in [2.75, 3.05) is 18.0 Å². The number of piperidine rings is 1. The van der Waals surface area contributed by atoms with Crippen LogP contribution in [0.1, 0.15) is 25.0 Å². The van der Waals surface area contributed by atoms with E-state index in [9.17, 15) is 18.0 Å². The second-order valence-electron chi connectivity index (χ2n) is 4.60. The number of halogens is 3. The first-order valence-corrected chi connectivity index (χ1v) is 7.00.